The summed E-state index contributed by atoms with van der Waals surface area (Å²) in [7, 11) is -1.91. The van der Waals surface area contributed by atoms with Gasteiger partial charge in [-0.1, -0.05) is 23.7 Å². The molecule has 148 valence electrons. The number of nitrogens with one attached hydrogen (secondary N) is 2. The summed E-state index contributed by atoms with van der Waals surface area (Å²) in [6.07, 6.45) is 1.11. The Bertz CT molecular complexity index is 1340. The molecule has 0 spiro atoms. The van der Waals surface area contributed by atoms with Gasteiger partial charge in [0, 0.05) is 16.5 Å². The fraction of sp³-hybridized carbons (Fsp3) is 0.100. The van der Waals surface area contributed by atoms with Gasteiger partial charge in [0.05, 0.1) is 41.5 Å². The molecule has 0 aliphatic carbocycles. The van der Waals surface area contributed by atoms with Gasteiger partial charge in [0.2, 0.25) is 15.9 Å². The van der Waals surface area contributed by atoms with E-state index in [0.717, 1.165) is 11.6 Å². The van der Waals surface area contributed by atoms with E-state index in [9.17, 15) is 8.42 Å². The molecule has 9 heteroatoms. The monoisotopic (exact) mass is 428 g/mol. The molecule has 7 nitrogen and oxygen atoms in total. The summed E-state index contributed by atoms with van der Waals surface area (Å²) >= 11 is 6.16. The average Bonchev–Trinajstić information content (AvgIpc) is 2.67. The van der Waals surface area contributed by atoms with Crippen LogP contribution < -0.4 is 14.8 Å². The number of methoxy groups -OCH3 is 1. The van der Waals surface area contributed by atoms with Crippen LogP contribution in [-0.2, 0) is 10.0 Å². The third-order valence-electron chi connectivity index (χ3n) is 4.25. The topological polar surface area (TPSA) is 93.2 Å². The molecule has 0 unspecified atom stereocenters. The van der Waals surface area contributed by atoms with E-state index in [-0.39, 0.29) is 0 Å². The average molecular weight is 429 g/mol. The van der Waals surface area contributed by atoms with Crippen LogP contribution >= 0.6 is 11.6 Å². The Morgan fingerprint density at radius 3 is 2.45 bits per heavy atom. The number of benzene rings is 2. The van der Waals surface area contributed by atoms with Crippen molar-refractivity contribution in [2.24, 2.45) is 0 Å². The number of hydrogen-bond acceptors (Lipinski definition) is 6. The molecule has 0 bridgehead atoms. The van der Waals surface area contributed by atoms with Crippen LogP contribution in [0.25, 0.3) is 21.9 Å². The number of anilines is 3. The second-order valence-electron chi connectivity index (χ2n) is 6.41. The minimum Gasteiger partial charge on any atom is -0.481 e. The number of ether oxygens (including phenoxy) is 1. The first kappa shape index (κ1) is 19.2. The lowest BCUT2D eigenvalue weighted by atomic mass is 10.1. The first-order valence-electron chi connectivity index (χ1n) is 8.62. The molecule has 0 radical (unpaired) electrons. The first-order valence-corrected chi connectivity index (χ1v) is 10.9. The lowest BCUT2D eigenvalue weighted by Crippen LogP contribution is -2.11. The molecule has 0 atom stereocenters. The van der Waals surface area contributed by atoms with Gasteiger partial charge in [-0.15, -0.1) is 0 Å². The van der Waals surface area contributed by atoms with Gasteiger partial charge in [-0.25, -0.2) is 18.4 Å². The van der Waals surface area contributed by atoms with Gasteiger partial charge in [-0.2, -0.15) is 0 Å². The zero-order valence-corrected chi connectivity index (χ0v) is 17.2. The standard InChI is InChI=1S/C20H17ClN4O3S/c1-28-18-10-9-16-20(24-18)19(13-8-7-12(21)11-17(13)22-16)23-14-5-3-4-6-15(14)25-29(2,26)27/h3-11,25H,1-2H3,(H,22,23). The number of nitrogens with zero attached hydrogens (tertiary/aromatic N) is 2. The Morgan fingerprint density at radius 1 is 0.966 bits per heavy atom. The van der Waals surface area contributed by atoms with Gasteiger partial charge < -0.3 is 10.1 Å². The van der Waals surface area contributed by atoms with Crippen molar-refractivity contribution in [2.45, 2.75) is 0 Å². The molecule has 0 amide bonds. The molecule has 2 N–H and O–H groups in total. The molecule has 2 heterocycles. The summed E-state index contributed by atoms with van der Waals surface area (Å²) in [5.74, 6) is 0.443. The van der Waals surface area contributed by atoms with E-state index in [1.165, 1.54) is 0 Å². The number of aromatic nitrogens is 2. The number of sulfonamides is 1. The molecule has 29 heavy (non-hydrogen) atoms. The van der Waals surface area contributed by atoms with E-state index in [0.29, 0.717) is 44.5 Å². The van der Waals surface area contributed by atoms with Crippen molar-refractivity contribution in [1.82, 2.24) is 9.97 Å². The Kier molecular flexibility index (Phi) is 4.89. The zero-order valence-electron chi connectivity index (χ0n) is 15.6. The molecule has 2 aromatic heterocycles. The van der Waals surface area contributed by atoms with Crippen molar-refractivity contribution in [1.29, 1.82) is 0 Å². The summed E-state index contributed by atoms with van der Waals surface area (Å²) in [6, 6.07) is 16.0. The second kappa shape index (κ2) is 7.38. The number of halogens is 1. The second-order valence-corrected chi connectivity index (χ2v) is 8.60. The normalized spacial score (nSPS) is 11.6. The van der Waals surface area contributed by atoms with Crippen LogP contribution in [0.4, 0.5) is 17.1 Å². The number of pyridine rings is 2. The molecule has 0 aliphatic heterocycles. The summed E-state index contributed by atoms with van der Waals surface area (Å²) in [5, 5.41) is 4.68. The minimum atomic E-state index is -3.45. The van der Waals surface area contributed by atoms with Crippen molar-refractivity contribution in [3.05, 3.63) is 59.6 Å². The van der Waals surface area contributed by atoms with Crippen LogP contribution in [0.1, 0.15) is 0 Å². The molecule has 4 rings (SSSR count). The fourth-order valence-electron chi connectivity index (χ4n) is 3.03. The van der Waals surface area contributed by atoms with Gasteiger partial charge in [0.25, 0.3) is 0 Å². The third kappa shape index (κ3) is 4.03. The summed E-state index contributed by atoms with van der Waals surface area (Å²) < 4.78 is 31.3. The largest absolute Gasteiger partial charge is 0.481 e. The number of para-hydroxylation sites is 2. The predicted octanol–water partition coefficient (Wildman–Crippen LogP) is 4.56. The van der Waals surface area contributed by atoms with Crippen molar-refractivity contribution < 1.29 is 13.2 Å². The minimum absolute atomic E-state index is 0.421. The molecule has 0 aliphatic rings. The van der Waals surface area contributed by atoms with Crippen LogP contribution in [0.3, 0.4) is 0 Å². The Morgan fingerprint density at radius 2 is 1.72 bits per heavy atom. The lowest BCUT2D eigenvalue weighted by Gasteiger charge is -2.16. The predicted molar refractivity (Wildman–Crippen MR) is 117 cm³/mol. The highest BCUT2D eigenvalue weighted by Gasteiger charge is 2.15. The maximum atomic E-state index is 11.8. The SMILES string of the molecule is COc1ccc2nc3cc(Cl)ccc3c(Nc3ccccc3NS(C)(=O)=O)c2n1. The van der Waals surface area contributed by atoms with Crippen LogP contribution in [0.15, 0.2) is 54.6 Å². The Hall–Kier alpha value is -3.10. The highest BCUT2D eigenvalue weighted by Crippen LogP contribution is 2.36. The highest BCUT2D eigenvalue weighted by atomic mass is 35.5. The van der Waals surface area contributed by atoms with E-state index < -0.39 is 10.0 Å². The van der Waals surface area contributed by atoms with Gasteiger partial charge in [0.15, 0.2) is 0 Å². The quantitative estimate of drug-likeness (QED) is 0.452. The maximum absolute atomic E-state index is 11.8. The van der Waals surface area contributed by atoms with E-state index >= 15 is 0 Å². The van der Waals surface area contributed by atoms with E-state index in [1.807, 2.05) is 18.2 Å². The van der Waals surface area contributed by atoms with Crippen LogP contribution in [0, 0.1) is 0 Å². The van der Waals surface area contributed by atoms with Gasteiger partial charge >= 0.3 is 0 Å². The molecule has 0 fully saturated rings. The molecule has 0 saturated carbocycles. The van der Waals surface area contributed by atoms with Gasteiger partial charge in [0.1, 0.15) is 5.52 Å². The highest BCUT2D eigenvalue weighted by molar-refractivity contribution is 7.92. The van der Waals surface area contributed by atoms with Crippen LogP contribution in [0.2, 0.25) is 5.02 Å². The number of hydrogen-bond donors (Lipinski definition) is 2. The van der Waals surface area contributed by atoms with Gasteiger partial charge in [-0.05, 0) is 36.4 Å². The molecule has 2 aromatic carbocycles. The maximum Gasteiger partial charge on any atom is 0.229 e. The van der Waals surface area contributed by atoms with E-state index in [1.54, 1.807) is 43.5 Å². The number of rotatable bonds is 5. The summed E-state index contributed by atoms with van der Waals surface area (Å²) in [4.78, 5) is 9.19. The van der Waals surface area contributed by atoms with Crippen LogP contribution in [-0.4, -0.2) is 31.8 Å². The van der Waals surface area contributed by atoms with Crippen LogP contribution in [0.5, 0.6) is 5.88 Å². The Balaban J connectivity index is 1.96. The summed E-state index contributed by atoms with van der Waals surface area (Å²) in [5.41, 5.74) is 3.59. The molecular formula is C20H17ClN4O3S. The fourth-order valence-corrected chi connectivity index (χ4v) is 3.77. The van der Waals surface area contributed by atoms with E-state index in [2.05, 4.69) is 20.0 Å². The smallest absolute Gasteiger partial charge is 0.229 e. The van der Waals surface area contributed by atoms with Gasteiger partial charge in [-0.3, -0.25) is 4.72 Å². The van der Waals surface area contributed by atoms with Crippen molar-refractivity contribution >= 4 is 60.6 Å². The molecular weight excluding hydrogens is 412 g/mol. The molecule has 0 saturated heterocycles. The van der Waals surface area contributed by atoms with Crippen molar-refractivity contribution in [3.63, 3.8) is 0 Å². The Labute approximate surface area is 172 Å². The molecule has 4 aromatic rings. The summed E-state index contributed by atoms with van der Waals surface area (Å²) in [6.45, 7) is 0. The van der Waals surface area contributed by atoms with Crippen molar-refractivity contribution in [3.8, 4) is 5.88 Å². The first-order chi connectivity index (χ1) is 13.8. The zero-order chi connectivity index (χ0) is 20.6. The van der Waals surface area contributed by atoms with Crippen molar-refractivity contribution in [2.75, 3.05) is 23.4 Å². The lowest BCUT2D eigenvalue weighted by molar-refractivity contribution is 0.399. The van der Waals surface area contributed by atoms with E-state index in [4.69, 9.17) is 16.3 Å². The third-order valence-corrected chi connectivity index (χ3v) is 5.07. The number of fused-ring (bicyclic) bond motifs is 2.